The standard InChI is InChI=1S/C18H23ClN4O2S/c1-22(2)11-14-12-23(7-8-25-14)18(24)21-17-20-10-15(26-17)9-13-5-3-4-6-16(13)19/h3-6,10,14H,7-9,11-12H2,1-2H3,(H,20,21,24). The fourth-order valence-electron chi connectivity index (χ4n) is 2.87. The Labute approximate surface area is 162 Å². The lowest BCUT2D eigenvalue weighted by molar-refractivity contribution is -0.0228. The molecule has 26 heavy (non-hydrogen) atoms. The second-order valence-corrected chi connectivity index (χ2v) is 8.05. The van der Waals surface area contributed by atoms with Gasteiger partial charge in [0.05, 0.1) is 12.7 Å². The second-order valence-electron chi connectivity index (χ2n) is 6.53. The molecule has 1 aromatic carbocycles. The van der Waals surface area contributed by atoms with Gasteiger partial charge < -0.3 is 14.5 Å². The van der Waals surface area contributed by atoms with E-state index < -0.39 is 0 Å². The van der Waals surface area contributed by atoms with Crippen molar-refractivity contribution in [1.29, 1.82) is 0 Å². The van der Waals surface area contributed by atoms with Crippen LogP contribution < -0.4 is 5.32 Å². The summed E-state index contributed by atoms with van der Waals surface area (Å²) in [6.45, 7) is 2.53. The highest BCUT2D eigenvalue weighted by molar-refractivity contribution is 7.15. The Morgan fingerprint density at radius 3 is 3.04 bits per heavy atom. The normalized spacial score (nSPS) is 17.5. The molecule has 140 valence electrons. The van der Waals surface area contributed by atoms with E-state index in [0.717, 1.165) is 22.0 Å². The number of benzene rings is 1. The number of nitrogens with one attached hydrogen (secondary N) is 1. The fourth-order valence-corrected chi connectivity index (χ4v) is 3.90. The lowest BCUT2D eigenvalue weighted by atomic mass is 10.1. The first-order valence-corrected chi connectivity index (χ1v) is 9.71. The van der Waals surface area contributed by atoms with Crippen LogP contribution >= 0.6 is 22.9 Å². The number of hydrogen-bond acceptors (Lipinski definition) is 5. The molecule has 1 fully saturated rings. The SMILES string of the molecule is CN(C)CC1CN(C(=O)Nc2ncc(Cc3ccccc3Cl)s2)CCO1. The van der Waals surface area contributed by atoms with E-state index in [1.807, 2.05) is 38.4 Å². The monoisotopic (exact) mass is 394 g/mol. The summed E-state index contributed by atoms with van der Waals surface area (Å²) in [5.74, 6) is 0. The third-order valence-corrected chi connectivity index (χ3v) is 5.37. The summed E-state index contributed by atoms with van der Waals surface area (Å²) in [5.41, 5.74) is 1.05. The maximum absolute atomic E-state index is 12.5. The molecule has 0 aliphatic carbocycles. The number of likely N-dealkylation sites (N-methyl/N-ethyl adjacent to an activating group) is 1. The number of morpholine rings is 1. The van der Waals surface area contributed by atoms with Gasteiger partial charge >= 0.3 is 6.03 Å². The Bertz CT molecular complexity index is 752. The summed E-state index contributed by atoms with van der Waals surface area (Å²) in [5, 5.41) is 4.25. The molecule has 0 radical (unpaired) electrons. The number of amides is 2. The van der Waals surface area contributed by atoms with Crippen molar-refractivity contribution in [2.24, 2.45) is 0 Å². The molecule has 2 heterocycles. The van der Waals surface area contributed by atoms with Crippen LogP contribution in [0.1, 0.15) is 10.4 Å². The van der Waals surface area contributed by atoms with Gasteiger partial charge in [0.15, 0.2) is 5.13 Å². The number of halogens is 1. The first-order chi connectivity index (χ1) is 12.5. The number of rotatable bonds is 5. The van der Waals surface area contributed by atoms with Crippen LogP contribution in [0.15, 0.2) is 30.5 Å². The van der Waals surface area contributed by atoms with Gasteiger partial charge in [-0.3, -0.25) is 5.32 Å². The number of aromatic nitrogens is 1. The zero-order valence-corrected chi connectivity index (χ0v) is 16.5. The molecule has 0 bridgehead atoms. The van der Waals surface area contributed by atoms with Gasteiger partial charge in [-0.2, -0.15) is 0 Å². The van der Waals surface area contributed by atoms with Gasteiger partial charge in [-0.15, -0.1) is 11.3 Å². The molecule has 8 heteroatoms. The molecule has 0 spiro atoms. The van der Waals surface area contributed by atoms with Gasteiger partial charge in [-0.1, -0.05) is 29.8 Å². The minimum atomic E-state index is -0.129. The molecule has 1 aromatic heterocycles. The Kier molecular flexibility index (Phi) is 6.48. The molecule has 1 saturated heterocycles. The molecule has 1 atom stereocenters. The Hall–Kier alpha value is -1.67. The molecular weight excluding hydrogens is 372 g/mol. The average Bonchev–Trinajstić information content (AvgIpc) is 3.03. The number of urea groups is 1. The summed E-state index contributed by atoms with van der Waals surface area (Å²) in [7, 11) is 4.00. The Balaban J connectivity index is 1.56. The van der Waals surface area contributed by atoms with Crippen molar-refractivity contribution >= 4 is 34.1 Å². The number of nitrogens with zero attached hydrogens (tertiary/aromatic N) is 3. The lowest BCUT2D eigenvalue weighted by Crippen LogP contribution is -2.50. The lowest BCUT2D eigenvalue weighted by Gasteiger charge is -2.33. The second kappa shape index (κ2) is 8.81. The highest BCUT2D eigenvalue weighted by Gasteiger charge is 2.25. The van der Waals surface area contributed by atoms with Crippen molar-refractivity contribution in [2.45, 2.75) is 12.5 Å². The van der Waals surface area contributed by atoms with E-state index in [-0.39, 0.29) is 12.1 Å². The van der Waals surface area contributed by atoms with Crippen molar-refractivity contribution < 1.29 is 9.53 Å². The molecule has 2 aromatic rings. The van der Waals surface area contributed by atoms with Gasteiger partial charge in [-0.05, 0) is 25.7 Å². The third-order valence-electron chi connectivity index (χ3n) is 4.08. The highest BCUT2D eigenvalue weighted by atomic mass is 35.5. The summed E-state index contributed by atoms with van der Waals surface area (Å²) in [6.07, 6.45) is 2.53. The number of ether oxygens (including phenoxy) is 1. The zero-order chi connectivity index (χ0) is 18.5. The highest BCUT2D eigenvalue weighted by Crippen LogP contribution is 2.25. The van der Waals surface area contributed by atoms with Crippen LogP contribution in [0.3, 0.4) is 0 Å². The number of hydrogen-bond donors (Lipinski definition) is 1. The number of thiazole rings is 1. The van der Waals surface area contributed by atoms with Gasteiger partial charge in [0, 0.05) is 42.2 Å². The van der Waals surface area contributed by atoms with Crippen molar-refractivity contribution in [2.75, 3.05) is 45.7 Å². The van der Waals surface area contributed by atoms with Crippen LogP contribution in [0.4, 0.5) is 9.93 Å². The number of carbonyl (C=O) groups is 1. The molecule has 2 amide bonds. The average molecular weight is 395 g/mol. The first kappa shape index (κ1) is 19.1. The third kappa shape index (κ3) is 5.17. The smallest absolute Gasteiger partial charge is 0.323 e. The predicted molar refractivity (Wildman–Crippen MR) is 105 cm³/mol. The van der Waals surface area contributed by atoms with Crippen molar-refractivity contribution in [1.82, 2.24) is 14.8 Å². The van der Waals surface area contributed by atoms with Crippen molar-refractivity contribution in [3.63, 3.8) is 0 Å². The Morgan fingerprint density at radius 2 is 2.27 bits per heavy atom. The molecule has 1 unspecified atom stereocenters. The topological polar surface area (TPSA) is 57.7 Å². The molecule has 1 aliphatic rings. The van der Waals surface area contributed by atoms with Crippen LogP contribution in [-0.2, 0) is 11.2 Å². The molecule has 0 saturated carbocycles. The van der Waals surface area contributed by atoms with Crippen molar-refractivity contribution in [3.8, 4) is 0 Å². The van der Waals surface area contributed by atoms with E-state index in [0.29, 0.717) is 31.2 Å². The van der Waals surface area contributed by atoms with Crippen LogP contribution in [-0.4, -0.2) is 67.3 Å². The maximum atomic E-state index is 12.5. The summed E-state index contributed by atoms with van der Waals surface area (Å²) < 4.78 is 5.71. The largest absolute Gasteiger partial charge is 0.373 e. The van der Waals surface area contributed by atoms with Gasteiger partial charge in [0.2, 0.25) is 0 Å². The molecular formula is C18H23ClN4O2S. The quantitative estimate of drug-likeness (QED) is 0.846. The van der Waals surface area contributed by atoms with Gasteiger partial charge in [0.1, 0.15) is 0 Å². The van der Waals surface area contributed by atoms with E-state index in [2.05, 4.69) is 15.2 Å². The van der Waals surface area contributed by atoms with Gasteiger partial charge in [-0.25, -0.2) is 9.78 Å². The number of anilines is 1. The van der Waals surface area contributed by atoms with E-state index in [1.54, 1.807) is 11.1 Å². The van der Waals surface area contributed by atoms with E-state index in [9.17, 15) is 4.79 Å². The molecule has 6 nitrogen and oxygen atoms in total. The first-order valence-electron chi connectivity index (χ1n) is 8.51. The van der Waals surface area contributed by atoms with Crippen LogP contribution in [0.25, 0.3) is 0 Å². The van der Waals surface area contributed by atoms with Crippen LogP contribution in [0, 0.1) is 0 Å². The van der Waals surface area contributed by atoms with Gasteiger partial charge in [0.25, 0.3) is 0 Å². The molecule has 3 rings (SSSR count). The van der Waals surface area contributed by atoms with E-state index in [1.165, 1.54) is 11.3 Å². The summed E-state index contributed by atoms with van der Waals surface area (Å²) in [4.78, 5) is 21.7. The minimum Gasteiger partial charge on any atom is -0.373 e. The van der Waals surface area contributed by atoms with Crippen LogP contribution in [0.2, 0.25) is 5.02 Å². The predicted octanol–water partition coefficient (Wildman–Crippen LogP) is 3.18. The fraction of sp³-hybridized carbons (Fsp3) is 0.444. The number of carbonyl (C=O) groups excluding carboxylic acids is 1. The zero-order valence-electron chi connectivity index (χ0n) is 14.9. The minimum absolute atomic E-state index is 0.0385. The molecule has 1 N–H and O–H groups in total. The van der Waals surface area contributed by atoms with E-state index in [4.69, 9.17) is 16.3 Å². The molecule has 1 aliphatic heterocycles. The van der Waals surface area contributed by atoms with Crippen LogP contribution in [0.5, 0.6) is 0 Å². The maximum Gasteiger partial charge on any atom is 0.323 e. The van der Waals surface area contributed by atoms with Crippen molar-refractivity contribution in [3.05, 3.63) is 45.9 Å². The van der Waals surface area contributed by atoms with E-state index >= 15 is 0 Å². The Morgan fingerprint density at radius 1 is 1.46 bits per heavy atom. The summed E-state index contributed by atoms with van der Waals surface area (Å²) in [6, 6.07) is 7.63. The summed E-state index contributed by atoms with van der Waals surface area (Å²) >= 11 is 7.68.